The van der Waals surface area contributed by atoms with Crippen LogP contribution in [0.15, 0.2) is 128 Å². The molecule has 5 atom stereocenters. The minimum Gasteiger partial charge on any atom is -0.497 e. The summed E-state index contributed by atoms with van der Waals surface area (Å²) >= 11 is 0. The molecule has 0 bridgehead atoms. The van der Waals surface area contributed by atoms with Gasteiger partial charge in [-0.2, -0.15) is 0 Å². The SMILES string of the molecule is COc1ccc(C(OC[C@H]2O[C@@H](n3ccc4c(NC(=O)c5ccccc5)ncnc43)[C@H](O[Si](C)(C)C(C)(C)C)[C@@H]2O[P+](=O)O)(c2ccccc2)c2ccc(OC)cc2)cc1.OP(O)O. The van der Waals surface area contributed by atoms with Crippen molar-refractivity contribution in [2.75, 3.05) is 26.1 Å². The van der Waals surface area contributed by atoms with E-state index in [9.17, 15) is 14.3 Å². The van der Waals surface area contributed by atoms with Crippen molar-refractivity contribution in [3.8, 4) is 11.5 Å². The second-order valence-electron chi connectivity index (χ2n) is 16.3. The topological polar surface area (TPSA) is 213 Å². The number of rotatable bonds is 15. The molecular weight excluding hydrogens is 879 g/mol. The molecule has 19 heteroatoms. The maximum absolute atomic E-state index is 13.2. The van der Waals surface area contributed by atoms with Gasteiger partial charge in [-0.05, 0) is 77.3 Å². The molecule has 5 N–H and O–H groups in total. The molecule has 4 aromatic carbocycles. The van der Waals surface area contributed by atoms with E-state index in [1.54, 1.807) is 55.3 Å². The van der Waals surface area contributed by atoms with Gasteiger partial charge in [0.1, 0.15) is 47.1 Å². The zero-order chi connectivity index (χ0) is 46.2. The average Bonchev–Trinajstić information content (AvgIpc) is 3.85. The third-order valence-electron chi connectivity index (χ3n) is 11.4. The number of nitrogens with zero attached hydrogens (tertiary/aromatic N) is 3. The first-order chi connectivity index (χ1) is 30.5. The average molecular weight is 932 g/mol. The van der Waals surface area contributed by atoms with Crippen LogP contribution in [-0.2, 0) is 28.6 Å². The van der Waals surface area contributed by atoms with E-state index in [0.29, 0.717) is 33.9 Å². The molecule has 0 aliphatic carbocycles. The Kier molecular flexibility index (Phi) is 15.8. The van der Waals surface area contributed by atoms with Crippen molar-refractivity contribution >= 4 is 47.9 Å². The quantitative estimate of drug-likeness (QED) is 0.0373. The van der Waals surface area contributed by atoms with Crippen LogP contribution in [0.25, 0.3) is 11.0 Å². The van der Waals surface area contributed by atoms with E-state index in [1.807, 2.05) is 84.9 Å². The number of hydrogen-bond acceptors (Lipinski definition) is 13. The van der Waals surface area contributed by atoms with Crippen molar-refractivity contribution < 1.29 is 56.8 Å². The van der Waals surface area contributed by atoms with Crippen molar-refractivity contribution in [3.63, 3.8) is 0 Å². The Labute approximate surface area is 374 Å². The number of amides is 1. The lowest BCUT2D eigenvalue weighted by Gasteiger charge is -2.40. The third kappa shape index (κ3) is 10.9. The van der Waals surface area contributed by atoms with E-state index < -0.39 is 55.3 Å². The molecule has 1 fully saturated rings. The van der Waals surface area contributed by atoms with Crippen molar-refractivity contribution in [1.29, 1.82) is 0 Å². The summed E-state index contributed by atoms with van der Waals surface area (Å²) in [7, 11) is -5.14. The number of benzene rings is 4. The molecule has 2 aromatic heterocycles. The fraction of sp³-hybridized carbons (Fsp3) is 0.311. The highest BCUT2D eigenvalue weighted by Crippen LogP contribution is 2.47. The van der Waals surface area contributed by atoms with Gasteiger partial charge in [0.15, 0.2) is 20.6 Å². The zero-order valence-electron chi connectivity index (χ0n) is 36.4. The molecule has 1 unspecified atom stereocenters. The highest BCUT2D eigenvalue weighted by atomic mass is 31.2. The Bertz CT molecular complexity index is 2420. The van der Waals surface area contributed by atoms with Crippen molar-refractivity contribution in [1.82, 2.24) is 14.5 Å². The lowest BCUT2D eigenvalue weighted by atomic mass is 9.80. The number of methoxy groups -OCH3 is 2. The molecule has 1 saturated heterocycles. The first kappa shape index (κ1) is 48.5. The summed E-state index contributed by atoms with van der Waals surface area (Å²) in [5, 5.41) is 3.22. The van der Waals surface area contributed by atoms with Crippen LogP contribution in [0.2, 0.25) is 18.1 Å². The van der Waals surface area contributed by atoms with Crippen LogP contribution >= 0.6 is 16.9 Å². The van der Waals surface area contributed by atoms with Gasteiger partial charge in [0.25, 0.3) is 5.91 Å². The Hall–Kier alpha value is -5.00. The van der Waals surface area contributed by atoms with Gasteiger partial charge < -0.3 is 47.9 Å². The summed E-state index contributed by atoms with van der Waals surface area (Å²) in [4.78, 5) is 54.4. The van der Waals surface area contributed by atoms with E-state index in [4.69, 9.17) is 42.6 Å². The molecule has 0 saturated carbocycles. The maximum Gasteiger partial charge on any atom is 0.695 e. The number of hydrogen-bond donors (Lipinski definition) is 5. The number of fused-ring (bicyclic) bond motifs is 1. The summed E-state index contributed by atoms with van der Waals surface area (Å²) in [6.45, 7) is 10.4. The Morgan fingerprint density at radius 3 is 1.86 bits per heavy atom. The van der Waals surface area contributed by atoms with Gasteiger partial charge in [-0.1, -0.05) is 93.6 Å². The maximum atomic E-state index is 13.2. The summed E-state index contributed by atoms with van der Waals surface area (Å²) in [5.74, 6) is 1.33. The highest BCUT2D eigenvalue weighted by molar-refractivity contribution is 7.38. The predicted molar refractivity (Wildman–Crippen MR) is 244 cm³/mol. The van der Waals surface area contributed by atoms with Gasteiger partial charge in [0.05, 0.1) is 26.2 Å². The molecule has 3 heterocycles. The zero-order valence-corrected chi connectivity index (χ0v) is 39.2. The van der Waals surface area contributed by atoms with Crippen LogP contribution in [0.4, 0.5) is 5.82 Å². The second kappa shape index (κ2) is 20.9. The van der Waals surface area contributed by atoms with Crippen LogP contribution in [0.3, 0.4) is 0 Å². The summed E-state index contributed by atoms with van der Waals surface area (Å²) in [6.07, 6.45) is -0.666. The lowest BCUT2D eigenvalue weighted by Crippen LogP contribution is -2.49. The number of ether oxygens (including phenoxy) is 4. The lowest BCUT2D eigenvalue weighted by molar-refractivity contribution is -0.0919. The molecule has 1 aliphatic heterocycles. The molecule has 338 valence electrons. The first-order valence-corrected chi connectivity index (χ1v) is 25.4. The molecule has 1 aliphatic rings. The highest BCUT2D eigenvalue weighted by Gasteiger charge is 2.56. The first-order valence-electron chi connectivity index (χ1n) is 20.2. The van der Waals surface area contributed by atoms with Crippen LogP contribution in [0.1, 0.15) is 54.0 Å². The van der Waals surface area contributed by atoms with Gasteiger partial charge in [-0.3, -0.25) is 4.79 Å². The van der Waals surface area contributed by atoms with Crippen LogP contribution in [-0.4, -0.2) is 87.5 Å². The van der Waals surface area contributed by atoms with E-state index in [-0.39, 0.29) is 17.6 Å². The van der Waals surface area contributed by atoms with E-state index in [0.717, 1.165) is 16.7 Å². The van der Waals surface area contributed by atoms with E-state index in [1.165, 1.54) is 6.33 Å². The fourth-order valence-electron chi connectivity index (χ4n) is 7.27. The molecule has 0 radical (unpaired) electrons. The number of carbonyl (C=O) groups is 1. The van der Waals surface area contributed by atoms with Gasteiger partial charge in [0, 0.05) is 16.3 Å². The predicted octanol–water partition coefficient (Wildman–Crippen LogP) is 8.22. The van der Waals surface area contributed by atoms with Gasteiger partial charge in [-0.15, -0.1) is 9.42 Å². The summed E-state index contributed by atoms with van der Waals surface area (Å²) in [6, 6.07) is 35.8. The molecule has 0 spiro atoms. The number of nitrogens with one attached hydrogen (secondary N) is 1. The third-order valence-corrected chi connectivity index (χ3v) is 16.3. The van der Waals surface area contributed by atoms with Gasteiger partial charge in [-0.25, -0.2) is 9.97 Å². The second-order valence-corrected chi connectivity index (χ2v) is 22.3. The largest absolute Gasteiger partial charge is 0.695 e. The van der Waals surface area contributed by atoms with E-state index in [2.05, 4.69) is 49.1 Å². The standard InChI is InChI=1S/C45H49N4O9PSi.H3O3P/c1-44(2,3)60(6,7)58-39-38(57-59(51)52)37(56-43(39)49-27-26-36-40(46-29-47-41(36)49)48-42(50)30-14-10-8-11-15-30)28-55-45(31-16-12-9-13-17-31,32-18-22-34(53-4)23-19-32)33-20-24-35(54-5)25-21-33;1-4(2)3/h8-27,29,37-39,43H,28H2,1-7H3,(H-,46,47,48,50,51,52);1-3H/p+1/t37-,38-,39-,43-;/m1./s1. The van der Waals surface area contributed by atoms with Gasteiger partial charge in [0.2, 0.25) is 0 Å². The molecule has 16 nitrogen and oxygen atoms in total. The minimum absolute atomic E-state index is 0.110. The molecule has 6 aromatic rings. The Balaban J connectivity index is 0.00000163. The Morgan fingerprint density at radius 1 is 0.812 bits per heavy atom. The molecule has 64 heavy (non-hydrogen) atoms. The number of aromatic nitrogens is 3. The normalized spacial score (nSPS) is 18.0. The fourth-order valence-corrected chi connectivity index (χ4v) is 9.02. The van der Waals surface area contributed by atoms with Crippen LogP contribution in [0.5, 0.6) is 11.5 Å². The molecule has 7 rings (SSSR count). The van der Waals surface area contributed by atoms with Crippen LogP contribution in [0, 0.1) is 0 Å². The minimum atomic E-state index is -3.12. The monoisotopic (exact) mass is 931 g/mol. The van der Waals surface area contributed by atoms with Crippen molar-refractivity contribution in [2.45, 2.75) is 69.0 Å². The van der Waals surface area contributed by atoms with E-state index >= 15 is 0 Å². The number of carbonyl (C=O) groups excluding carboxylic acids is 1. The van der Waals surface area contributed by atoms with Gasteiger partial charge >= 0.3 is 16.9 Å². The Morgan fingerprint density at radius 2 is 1.34 bits per heavy atom. The van der Waals surface area contributed by atoms with Crippen molar-refractivity contribution in [3.05, 3.63) is 150 Å². The molecular formula is C45H53N4O12P2Si+. The molecule has 1 amide bonds. The summed E-state index contributed by atoms with van der Waals surface area (Å²) < 4.78 is 52.8. The smallest absolute Gasteiger partial charge is 0.497 e. The van der Waals surface area contributed by atoms with Crippen molar-refractivity contribution in [2.24, 2.45) is 0 Å². The van der Waals surface area contributed by atoms with Crippen LogP contribution < -0.4 is 14.8 Å². The summed E-state index contributed by atoms with van der Waals surface area (Å²) in [5.41, 5.74) is 2.13. The number of anilines is 1.